The van der Waals surface area contributed by atoms with Gasteiger partial charge >= 0.3 is 0 Å². The van der Waals surface area contributed by atoms with Crippen molar-refractivity contribution < 1.29 is 4.79 Å². The van der Waals surface area contributed by atoms with E-state index in [0.717, 1.165) is 24.2 Å². The molecule has 1 amide bonds. The highest BCUT2D eigenvalue weighted by Gasteiger charge is 2.27. The average molecular weight is 282 g/mol. The van der Waals surface area contributed by atoms with Gasteiger partial charge < -0.3 is 16.0 Å². The first kappa shape index (κ1) is 13.4. The van der Waals surface area contributed by atoms with Crippen LogP contribution in [0.5, 0.6) is 0 Å². The number of para-hydroxylation sites is 1. The summed E-state index contributed by atoms with van der Waals surface area (Å²) in [6.07, 6.45) is 4.90. The maximum absolute atomic E-state index is 12.5. The number of nitrogens with zero attached hydrogens (tertiary/aromatic N) is 2. The Morgan fingerprint density at radius 3 is 2.95 bits per heavy atom. The van der Waals surface area contributed by atoms with Crippen LogP contribution in [0.4, 0.5) is 17.1 Å². The summed E-state index contributed by atoms with van der Waals surface area (Å²) in [6.45, 7) is 0. The Balaban J connectivity index is 1.87. The van der Waals surface area contributed by atoms with Crippen LogP contribution in [0, 0.1) is 0 Å². The maximum Gasteiger partial charge on any atom is 0.247 e. The van der Waals surface area contributed by atoms with Gasteiger partial charge in [-0.3, -0.25) is 9.78 Å². The summed E-state index contributed by atoms with van der Waals surface area (Å²) in [4.78, 5) is 18.4. The Morgan fingerprint density at radius 2 is 2.14 bits per heavy atom. The molecule has 5 nitrogen and oxygen atoms in total. The number of anilines is 3. The molecule has 5 heteroatoms. The number of nitrogen functional groups attached to an aromatic ring is 1. The zero-order valence-electron chi connectivity index (χ0n) is 11.9. The highest BCUT2D eigenvalue weighted by Crippen LogP contribution is 2.28. The van der Waals surface area contributed by atoms with Crippen LogP contribution in [0.3, 0.4) is 0 Å². The summed E-state index contributed by atoms with van der Waals surface area (Å²) >= 11 is 0. The third-order valence-corrected chi connectivity index (χ3v) is 3.94. The van der Waals surface area contributed by atoms with E-state index >= 15 is 0 Å². The van der Waals surface area contributed by atoms with Crippen LogP contribution in [0.1, 0.15) is 12.0 Å². The van der Waals surface area contributed by atoms with Crippen LogP contribution in [0.15, 0.2) is 42.7 Å². The molecular weight excluding hydrogens is 264 g/mol. The molecule has 2 aromatic rings. The molecule has 1 aromatic heterocycles. The van der Waals surface area contributed by atoms with Gasteiger partial charge in [0.25, 0.3) is 0 Å². The van der Waals surface area contributed by atoms with Crippen molar-refractivity contribution in [2.24, 2.45) is 0 Å². The summed E-state index contributed by atoms with van der Waals surface area (Å²) in [5, 5.41) is 3.01. The van der Waals surface area contributed by atoms with Crippen LogP contribution in [0.2, 0.25) is 0 Å². The number of carbonyl (C=O) groups excluding carboxylic acids is 1. The summed E-state index contributed by atoms with van der Waals surface area (Å²) in [6, 6.07) is 9.51. The lowest BCUT2D eigenvalue weighted by Gasteiger charge is -2.28. The lowest BCUT2D eigenvalue weighted by molar-refractivity contribution is -0.117. The molecular formula is C16H18N4O. The van der Waals surface area contributed by atoms with Crippen LogP contribution in [-0.4, -0.2) is 24.0 Å². The van der Waals surface area contributed by atoms with Gasteiger partial charge in [0.05, 0.1) is 17.6 Å². The zero-order chi connectivity index (χ0) is 14.8. The van der Waals surface area contributed by atoms with Gasteiger partial charge in [-0.2, -0.15) is 0 Å². The molecule has 0 saturated heterocycles. The SMILES string of the molecule is CN(c1ccncc1N)C1CCc2ccccc2NC1=O. The summed E-state index contributed by atoms with van der Waals surface area (Å²) in [5.74, 6) is -0.00124. The number of pyridine rings is 1. The number of aromatic nitrogens is 1. The fraction of sp³-hybridized carbons (Fsp3) is 0.250. The molecule has 1 atom stereocenters. The van der Waals surface area contributed by atoms with Gasteiger partial charge in [0, 0.05) is 18.9 Å². The fourth-order valence-electron chi connectivity index (χ4n) is 2.76. The van der Waals surface area contributed by atoms with Crippen molar-refractivity contribution in [3.05, 3.63) is 48.3 Å². The molecule has 0 bridgehead atoms. The number of aryl methyl sites for hydroxylation is 1. The summed E-state index contributed by atoms with van der Waals surface area (Å²) in [5.41, 5.74) is 9.44. The third kappa shape index (κ3) is 2.54. The first-order chi connectivity index (χ1) is 10.2. The Kier molecular flexibility index (Phi) is 3.48. The number of hydrogen-bond donors (Lipinski definition) is 2. The predicted molar refractivity (Wildman–Crippen MR) is 84.2 cm³/mol. The average Bonchev–Trinajstić information content (AvgIpc) is 2.65. The molecule has 3 N–H and O–H groups in total. The Labute approximate surface area is 123 Å². The highest BCUT2D eigenvalue weighted by molar-refractivity contribution is 5.98. The standard InChI is InChI=1S/C16H18N4O/c1-20(14-8-9-18-10-12(14)17)15-7-6-11-4-2-3-5-13(11)19-16(15)21/h2-5,8-10,15H,6-7,17H2,1H3,(H,19,21). The quantitative estimate of drug-likeness (QED) is 0.884. The number of fused-ring (bicyclic) bond motifs is 1. The van der Waals surface area contributed by atoms with Gasteiger partial charge in [-0.25, -0.2) is 0 Å². The Bertz CT molecular complexity index is 671. The monoisotopic (exact) mass is 282 g/mol. The van der Waals surface area contributed by atoms with Crippen LogP contribution in [0.25, 0.3) is 0 Å². The van der Waals surface area contributed by atoms with Crippen molar-refractivity contribution in [3.63, 3.8) is 0 Å². The molecule has 1 aromatic carbocycles. The minimum atomic E-state index is -0.248. The van der Waals surface area contributed by atoms with Gasteiger partial charge in [0.15, 0.2) is 0 Å². The van der Waals surface area contributed by atoms with E-state index in [0.29, 0.717) is 5.69 Å². The van der Waals surface area contributed by atoms with E-state index in [1.807, 2.05) is 36.2 Å². The lowest BCUT2D eigenvalue weighted by Crippen LogP contribution is -2.41. The third-order valence-electron chi connectivity index (χ3n) is 3.94. The second-order valence-electron chi connectivity index (χ2n) is 5.25. The van der Waals surface area contributed by atoms with E-state index in [1.165, 1.54) is 5.56 Å². The molecule has 0 spiro atoms. The molecule has 108 valence electrons. The van der Waals surface area contributed by atoms with Crippen molar-refractivity contribution in [1.29, 1.82) is 0 Å². The van der Waals surface area contributed by atoms with Gasteiger partial charge in [0.2, 0.25) is 5.91 Å². The number of nitrogens with two attached hydrogens (primary N) is 1. The van der Waals surface area contributed by atoms with Crippen molar-refractivity contribution in [2.45, 2.75) is 18.9 Å². The molecule has 1 unspecified atom stereocenters. The second kappa shape index (κ2) is 5.44. The highest BCUT2D eigenvalue weighted by atomic mass is 16.2. The molecule has 3 rings (SSSR count). The number of benzene rings is 1. The van der Waals surface area contributed by atoms with Crippen molar-refractivity contribution in [2.75, 3.05) is 23.0 Å². The number of hydrogen-bond acceptors (Lipinski definition) is 4. The van der Waals surface area contributed by atoms with Gasteiger partial charge in [-0.1, -0.05) is 18.2 Å². The largest absolute Gasteiger partial charge is 0.396 e. The first-order valence-corrected chi connectivity index (χ1v) is 6.98. The van der Waals surface area contributed by atoms with Crippen LogP contribution < -0.4 is 16.0 Å². The van der Waals surface area contributed by atoms with E-state index in [1.54, 1.807) is 12.4 Å². The number of amides is 1. The van der Waals surface area contributed by atoms with E-state index < -0.39 is 0 Å². The van der Waals surface area contributed by atoms with Gasteiger partial charge in [-0.05, 0) is 30.5 Å². The van der Waals surface area contributed by atoms with E-state index in [2.05, 4.69) is 16.4 Å². The molecule has 2 heterocycles. The minimum absolute atomic E-state index is 0.00124. The predicted octanol–water partition coefficient (Wildman–Crippen LogP) is 2.05. The second-order valence-corrected chi connectivity index (χ2v) is 5.25. The summed E-state index contributed by atoms with van der Waals surface area (Å²) in [7, 11) is 1.89. The molecule has 1 aliphatic heterocycles. The van der Waals surface area contributed by atoms with E-state index in [9.17, 15) is 4.79 Å². The van der Waals surface area contributed by atoms with Gasteiger partial charge in [0.1, 0.15) is 6.04 Å². The zero-order valence-corrected chi connectivity index (χ0v) is 11.9. The molecule has 0 fully saturated rings. The van der Waals surface area contributed by atoms with E-state index in [4.69, 9.17) is 5.73 Å². The Hall–Kier alpha value is -2.56. The number of carbonyl (C=O) groups is 1. The maximum atomic E-state index is 12.5. The van der Waals surface area contributed by atoms with Crippen LogP contribution >= 0.6 is 0 Å². The van der Waals surface area contributed by atoms with Crippen molar-refractivity contribution >= 4 is 23.0 Å². The lowest BCUT2D eigenvalue weighted by atomic mass is 10.0. The number of nitrogens with one attached hydrogen (secondary N) is 1. The normalized spacial score (nSPS) is 17.6. The Morgan fingerprint density at radius 1 is 1.33 bits per heavy atom. The van der Waals surface area contributed by atoms with Gasteiger partial charge in [-0.15, -0.1) is 0 Å². The number of likely N-dealkylation sites (N-methyl/N-ethyl adjacent to an activating group) is 1. The molecule has 1 aliphatic rings. The van der Waals surface area contributed by atoms with E-state index in [-0.39, 0.29) is 11.9 Å². The topological polar surface area (TPSA) is 71.2 Å². The minimum Gasteiger partial charge on any atom is -0.396 e. The molecule has 0 saturated carbocycles. The molecule has 21 heavy (non-hydrogen) atoms. The molecule has 0 aliphatic carbocycles. The van der Waals surface area contributed by atoms with Crippen LogP contribution in [-0.2, 0) is 11.2 Å². The smallest absolute Gasteiger partial charge is 0.247 e. The summed E-state index contributed by atoms with van der Waals surface area (Å²) < 4.78 is 0. The van der Waals surface area contributed by atoms with Crippen molar-refractivity contribution in [1.82, 2.24) is 4.98 Å². The van der Waals surface area contributed by atoms with Crippen molar-refractivity contribution in [3.8, 4) is 0 Å². The first-order valence-electron chi connectivity index (χ1n) is 6.98. The fourth-order valence-corrected chi connectivity index (χ4v) is 2.76. The number of rotatable bonds is 2. The molecule has 0 radical (unpaired) electrons.